The van der Waals surface area contributed by atoms with Gasteiger partial charge in [-0.25, -0.2) is 0 Å². The molecule has 3 aliphatic carbocycles. The second-order valence-electron chi connectivity index (χ2n) is 11.8. The maximum absolute atomic E-state index is 13.1. The number of hydrogen-bond acceptors (Lipinski definition) is 2. The molecule has 0 heterocycles. The first kappa shape index (κ1) is 30.0. The lowest BCUT2D eigenvalue weighted by Crippen LogP contribution is -2.55. The number of fused-ring (bicyclic) bond motifs is 1. The average molecular weight is 535 g/mol. The molecule has 0 aromatic carbocycles. The van der Waals surface area contributed by atoms with Gasteiger partial charge in [0.1, 0.15) is 0 Å². The molecule has 0 bridgehead atoms. The first-order chi connectivity index (χ1) is 17.0. The van der Waals surface area contributed by atoms with Crippen molar-refractivity contribution in [1.82, 2.24) is 0 Å². The highest BCUT2D eigenvalue weighted by Gasteiger charge is 2.69. The molecule has 2 nitrogen and oxygen atoms in total. The van der Waals surface area contributed by atoms with Crippen LogP contribution >= 0.6 is 0 Å². The number of halogens is 6. The molecule has 3 aliphatic rings. The minimum absolute atomic E-state index is 0.0196. The summed E-state index contributed by atoms with van der Waals surface area (Å²) in [5, 5.41) is 19.7. The van der Waals surface area contributed by atoms with Gasteiger partial charge in [-0.1, -0.05) is 57.6 Å². The molecule has 3 rings (SSSR count). The van der Waals surface area contributed by atoms with Crippen molar-refractivity contribution in [3.8, 4) is 0 Å². The summed E-state index contributed by atoms with van der Waals surface area (Å²) in [5.74, 6) is 0.411. The van der Waals surface area contributed by atoms with Crippen LogP contribution in [0.3, 0.4) is 0 Å². The van der Waals surface area contributed by atoms with Gasteiger partial charge in [-0.15, -0.1) is 0 Å². The summed E-state index contributed by atoms with van der Waals surface area (Å²) in [6, 6.07) is 0. The van der Waals surface area contributed by atoms with E-state index < -0.39 is 29.5 Å². The minimum atomic E-state index is -5.86. The van der Waals surface area contributed by atoms with Crippen molar-refractivity contribution in [3.05, 3.63) is 47.6 Å². The van der Waals surface area contributed by atoms with Crippen LogP contribution in [0.25, 0.3) is 0 Å². The first-order valence-electron chi connectivity index (χ1n) is 13.3. The van der Waals surface area contributed by atoms with Crippen LogP contribution in [0.2, 0.25) is 0 Å². The first-order valence-corrected chi connectivity index (χ1v) is 13.3. The fourth-order valence-corrected chi connectivity index (χ4v) is 7.20. The van der Waals surface area contributed by atoms with Crippen LogP contribution in [-0.4, -0.2) is 34.3 Å². The molecular weight excluding hydrogens is 494 g/mol. The highest BCUT2D eigenvalue weighted by atomic mass is 19.4. The Morgan fingerprint density at radius 2 is 1.65 bits per heavy atom. The fourth-order valence-electron chi connectivity index (χ4n) is 7.20. The van der Waals surface area contributed by atoms with Crippen LogP contribution in [0.4, 0.5) is 26.3 Å². The molecule has 37 heavy (non-hydrogen) atoms. The van der Waals surface area contributed by atoms with Gasteiger partial charge in [0.25, 0.3) is 5.60 Å². The Kier molecular flexibility index (Phi) is 8.56. The van der Waals surface area contributed by atoms with Crippen LogP contribution in [0.15, 0.2) is 47.6 Å². The lowest BCUT2D eigenvalue weighted by Gasteiger charge is -2.49. The van der Waals surface area contributed by atoms with E-state index in [4.69, 9.17) is 0 Å². The number of alkyl halides is 6. The quantitative estimate of drug-likeness (QED) is 0.265. The Labute approximate surface area is 216 Å². The molecule has 5 atom stereocenters. The summed E-state index contributed by atoms with van der Waals surface area (Å²) in [6.07, 6.45) is 0.597. The maximum Gasteiger partial charge on any atom is 0.429 e. The average Bonchev–Trinajstić information content (AvgIpc) is 3.16. The standard InChI is InChI=1S/C29H40F6O2/c1-5-25(3,16-8-18-27(37,28(30,31)32)29(33,34)35)24-15-14-22-21(10-7-17-26(22,24)4)13-12-20-9-6-11-23(36)19(20)2/h8,12-13,18,22-24,36-37H,2,5-7,9-11,14-17H2,1,3-4H3/b18-8+,20-12-,21-13+. The lowest BCUT2D eigenvalue weighted by atomic mass is 9.56. The smallest absolute Gasteiger partial charge is 0.388 e. The topological polar surface area (TPSA) is 40.5 Å². The Morgan fingerprint density at radius 1 is 1.00 bits per heavy atom. The number of aliphatic hydroxyl groups is 2. The fraction of sp³-hybridized carbons (Fsp3) is 0.724. The summed E-state index contributed by atoms with van der Waals surface area (Å²) < 4.78 is 78.8. The maximum atomic E-state index is 13.1. The molecule has 3 fully saturated rings. The highest BCUT2D eigenvalue weighted by molar-refractivity contribution is 5.38. The molecule has 8 heteroatoms. The van der Waals surface area contributed by atoms with E-state index in [2.05, 4.69) is 25.7 Å². The van der Waals surface area contributed by atoms with Gasteiger partial charge >= 0.3 is 12.4 Å². The molecule has 210 valence electrons. The predicted octanol–water partition coefficient (Wildman–Crippen LogP) is 8.37. The van der Waals surface area contributed by atoms with E-state index >= 15 is 0 Å². The normalized spacial score (nSPS) is 33.8. The Bertz CT molecular complexity index is 929. The van der Waals surface area contributed by atoms with Gasteiger partial charge in [0.2, 0.25) is 0 Å². The van der Waals surface area contributed by atoms with E-state index in [0.29, 0.717) is 12.3 Å². The second-order valence-corrected chi connectivity index (χ2v) is 11.8. The number of rotatable bonds is 6. The van der Waals surface area contributed by atoms with E-state index in [9.17, 15) is 36.6 Å². The van der Waals surface area contributed by atoms with Gasteiger partial charge in [-0.2, -0.15) is 26.3 Å². The van der Waals surface area contributed by atoms with Crippen molar-refractivity contribution in [2.75, 3.05) is 0 Å². The summed E-state index contributed by atoms with van der Waals surface area (Å²) >= 11 is 0. The van der Waals surface area contributed by atoms with E-state index in [0.717, 1.165) is 68.6 Å². The van der Waals surface area contributed by atoms with Crippen LogP contribution < -0.4 is 0 Å². The zero-order valence-corrected chi connectivity index (χ0v) is 22.0. The van der Waals surface area contributed by atoms with Gasteiger partial charge in [0.05, 0.1) is 6.10 Å². The van der Waals surface area contributed by atoms with Gasteiger partial charge in [0, 0.05) is 0 Å². The molecule has 0 saturated heterocycles. The molecule has 0 spiro atoms. The van der Waals surface area contributed by atoms with Crippen molar-refractivity contribution in [3.63, 3.8) is 0 Å². The third-order valence-corrected chi connectivity index (χ3v) is 9.66. The monoisotopic (exact) mass is 534 g/mol. The minimum Gasteiger partial charge on any atom is -0.388 e. The molecule has 0 aromatic heterocycles. The molecule has 0 radical (unpaired) electrons. The van der Waals surface area contributed by atoms with Crippen LogP contribution in [-0.2, 0) is 0 Å². The van der Waals surface area contributed by atoms with Crippen LogP contribution in [0.1, 0.15) is 85.0 Å². The van der Waals surface area contributed by atoms with Crippen molar-refractivity contribution in [2.45, 2.75) is 109 Å². The van der Waals surface area contributed by atoms with Crippen LogP contribution in [0.5, 0.6) is 0 Å². The summed E-state index contributed by atoms with van der Waals surface area (Å²) in [6.45, 7) is 10.1. The largest absolute Gasteiger partial charge is 0.429 e. The van der Waals surface area contributed by atoms with E-state index in [-0.39, 0.29) is 23.8 Å². The van der Waals surface area contributed by atoms with E-state index in [1.807, 2.05) is 13.8 Å². The van der Waals surface area contributed by atoms with Crippen molar-refractivity contribution in [1.29, 1.82) is 0 Å². The van der Waals surface area contributed by atoms with Gasteiger partial charge < -0.3 is 10.2 Å². The zero-order valence-electron chi connectivity index (χ0n) is 22.0. The molecule has 3 saturated carbocycles. The van der Waals surface area contributed by atoms with Crippen LogP contribution in [0, 0.1) is 22.7 Å². The number of hydrogen-bond donors (Lipinski definition) is 2. The predicted molar refractivity (Wildman–Crippen MR) is 133 cm³/mol. The van der Waals surface area contributed by atoms with Gasteiger partial charge in [-0.05, 0) is 97.7 Å². The summed E-state index contributed by atoms with van der Waals surface area (Å²) in [7, 11) is 0. The summed E-state index contributed by atoms with van der Waals surface area (Å²) in [4.78, 5) is 0. The van der Waals surface area contributed by atoms with Crippen molar-refractivity contribution < 1.29 is 36.6 Å². The molecule has 0 amide bonds. The molecule has 0 aromatic rings. The van der Waals surface area contributed by atoms with E-state index in [1.54, 1.807) is 0 Å². The highest BCUT2D eigenvalue weighted by Crippen LogP contribution is 2.63. The second kappa shape index (κ2) is 10.6. The van der Waals surface area contributed by atoms with E-state index in [1.165, 1.54) is 5.57 Å². The third kappa shape index (κ3) is 5.61. The SMILES string of the molecule is C=C1/C(=C\C=C2/CCCC3(C)C2CCC3C(C)(CC)C/C=C/C(O)(C(F)(F)F)C(F)(F)F)CCCC1O. The summed E-state index contributed by atoms with van der Waals surface area (Å²) in [5.41, 5.74) is -2.32. The number of allylic oxidation sites excluding steroid dienone is 4. The third-order valence-electron chi connectivity index (χ3n) is 9.66. The Morgan fingerprint density at radius 3 is 2.24 bits per heavy atom. The Balaban J connectivity index is 1.84. The van der Waals surface area contributed by atoms with Crippen molar-refractivity contribution >= 4 is 0 Å². The molecule has 5 unspecified atom stereocenters. The molecule has 0 aliphatic heterocycles. The number of aliphatic hydroxyl groups excluding tert-OH is 1. The van der Waals surface area contributed by atoms with Gasteiger partial charge in [0.15, 0.2) is 0 Å². The molecule has 2 N–H and O–H groups in total. The van der Waals surface area contributed by atoms with Gasteiger partial charge in [-0.3, -0.25) is 0 Å². The zero-order chi connectivity index (χ0) is 27.9. The Hall–Kier alpha value is -1.54. The van der Waals surface area contributed by atoms with Crippen molar-refractivity contribution in [2.24, 2.45) is 22.7 Å². The lowest BCUT2D eigenvalue weighted by molar-refractivity contribution is -0.347. The molecular formula is C29H40F6O2.